The smallest absolute Gasteiger partial charge is 0.128 e. The summed E-state index contributed by atoms with van der Waals surface area (Å²) in [5.41, 5.74) is 6.86. The third-order valence-electron chi connectivity index (χ3n) is 2.32. The summed E-state index contributed by atoms with van der Waals surface area (Å²) in [6, 6.07) is 9.86. The molecule has 0 saturated carbocycles. The number of hydrazine groups is 1. The monoisotopic (exact) mass is 311 g/mol. The maximum atomic E-state index is 4.30. The summed E-state index contributed by atoms with van der Waals surface area (Å²) in [4.78, 5) is 2.05. The quantitative estimate of drug-likeness (QED) is 0.226. The molecule has 0 aliphatic heterocycles. The molecule has 0 aliphatic rings. The van der Waals surface area contributed by atoms with Gasteiger partial charge >= 0.3 is 0 Å². The molecule has 0 saturated heterocycles. The molecule has 0 spiro atoms. The first kappa shape index (κ1) is 16.6. The van der Waals surface area contributed by atoms with Gasteiger partial charge < -0.3 is 9.62 Å². The maximum Gasteiger partial charge on any atom is 0.128 e. The largest absolute Gasteiger partial charge is 0.335 e. The molecule has 5 nitrogen and oxygen atoms in total. The fourth-order valence-corrected chi connectivity index (χ4v) is 2.08. The predicted molar refractivity (Wildman–Crippen MR) is 92.3 cm³/mol. The lowest BCUT2D eigenvalue weighted by molar-refractivity contribution is 0.640. The van der Waals surface area contributed by atoms with E-state index in [-0.39, 0.29) is 0 Å². The first-order valence-corrected chi connectivity index (χ1v) is 8.71. The highest BCUT2D eigenvalue weighted by Crippen LogP contribution is 2.04. The molecule has 0 atom stereocenters. The summed E-state index contributed by atoms with van der Waals surface area (Å²) in [5, 5.41) is 4.30. The zero-order chi connectivity index (χ0) is 14.6. The highest BCUT2D eigenvalue weighted by molar-refractivity contribution is 7.98. The van der Waals surface area contributed by atoms with Gasteiger partial charge in [-0.15, -0.1) is 16.9 Å². The standard InChI is InChI=1S/C13H21N5S2/c1-12(18(11-19-2)10-9-14-20-3)15-17-16-13-7-5-4-6-8-13/h4-10,14,16-17H,11H2,1-3H3/b10-9-,15-12-. The Morgan fingerprint density at radius 1 is 1.30 bits per heavy atom. The van der Waals surface area contributed by atoms with Crippen LogP contribution in [0.25, 0.3) is 0 Å². The number of nitrogens with zero attached hydrogens (tertiary/aromatic N) is 2. The number of benzene rings is 1. The van der Waals surface area contributed by atoms with Crippen molar-refractivity contribution in [3.8, 4) is 0 Å². The van der Waals surface area contributed by atoms with Crippen LogP contribution in [0, 0.1) is 0 Å². The van der Waals surface area contributed by atoms with E-state index in [1.165, 1.54) is 0 Å². The van der Waals surface area contributed by atoms with Gasteiger partial charge in [-0.1, -0.05) is 30.1 Å². The summed E-state index contributed by atoms with van der Waals surface area (Å²) in [6.07, 6.45) is 7.90. The Bertz CT molecular complexity index is 422. The van der Waals surface area contributed by atoms with Gasteiger partial charge in [0.25, 0.3) is 0 Å². The first-order valence-electron chi connectivity index (χ1n) is 6.09. The molecule has 0 heterocycles. The van der Waals surface area contributed by atoms with E-state index in [9.17, 15) is 0 Å². The van der Waals surface area contributed by atoms with E-state index in [4.69, 9.17) is 0 Å². The van der Waals surface area contributed by atoms with Crippen molar-refractivity contribution in [1.29, 1.82) is 0 Å². The number of hydrazone groups is 1. The third-order valence-corrected chi connectivity index (χ3v) is 3.22. The van der Waals surface area contributed by atoms with E-state index in [0.29, 0.717) is 0 Å². The average Bonchev–Trinajstić information content (AvgIpc) is 2.47. The van der Waals surface area contributed by atoms with Crippen molar-refractivity contribution in [2.24, 2.45) is 5.10 Å². The van der Waals surface area contributed by atoms with Crippen LogP contribution >= 0.6 is 23.7 Å². The Morgan fingerprint density at radius 2 is 2.05 bits per heavy atom. The van der Waals surface area contributed by atoms with Crippen molar-refractivity contribution >= 4 is 35.2 Å². The summed E-state index contributed by atoms with van der Waals surface area (Å²) in [7, 11) is 0. The van der Waals surface area contributed by atoms with Gasteiger partial charge in [-0.25, -0.2) is 5.53 Å². The summed E-state index contributed by atoms with van der Waals surface area (Å²) in [6.45, 7) is 1.96. The number of hydrogen-bond acceptors (Lipinski definition) is 6. The summed E-state index contributed by atoms with van der Waals surface area (Å²) in [5.74, 6) is 1.72. The van der Waals surface area contributed by atoms with E-state index in [1.807, 2.05) is 60.8 Å². The van der Waals surface area contributed by atoms with Crippen LogP contribution in [0.3, 0.4) is 0 Å². The van der Waals surface area contributed by atoms with Crippen molar-refractivity contribution in [1.82, 2.24) is 15.2 Å². The van der Waals surface area contributed by atoms with Crippen LogP contribution in [-0.2, 0) is 0 Å². The molecule has 0 aromatic heterocycles. The number of rotatable bonds is 8. The van der Waals surface area contributed by atoms with Crippen LogP contribution in [0.5, 0.6) is 0 Å². The second-order valence-corrected chi connectivity index (χ2v) is 5.27. The highest BCUT2D eigenvalue weighted by atomic mass is 32.2. The van der Waals surface area contributed by atoms with E-state index < -0.39 is 0 Å². The second-order valence-electron chi connectivity index (χ2n) is 3.79. The van der Waals surface area contributed by atoms with Crippen molar-refractivity contribution in [3.05, 3.63) is 42.7 Å². The number of para-hydroxylation sites is 1. The van der Waals surface area contributed by atoms with Crippen LogP contribution in [0.1, 0.15) is 6.92 Å². The Kier molecular flexibility index (Phi) is 8.57. The minimum atomic E-state index is 0.842. The molecule has 1 rings (SSSR count). The van der Waals surface area contributed by atoms with Crippen LogP contribution in [0.15, 0.2) is 47.8 Å². The van der Waals surface area contributed by atoms with E-state index in [0.717, 1.165) is 17.4 Å². The van der Waals surface area contributed by atoms with Crippen molar-refractivity contribution in [2.75, 3.05) is 23.8 Å². The molecule has 3 N–H and O–H groups in total. The van der Waals surface area contributed by atoms with Gasteiger partial charge in [-0.2, -0.15) is 0 Å². The normalized spacial score (nSPS) is 11.4. The number of hydrogen-bond donors (Lipinski definition) is 3. The molecular weight excluding hydrogens is 290 g/mol. The molecule has 0 unspecified atom stereocenters. The molecule has 0 fully saturated rings. The predicted octanol–water partition coefficient (Wildman–Crippen LogP) is 2.90. The third kappa shape index (κ3) is 6.63. The summed E-state index contributed by atoms with van der Waals surface area (Å²) >= 11 is 3.29. The molecule has 0 aliphatic carbocycles. The molecule has 20 heavy (non-hydrogen) atoms. The van der Waals surface area contributed by atoms with Crippen LogP contribution < -0.4 is 15.7 Å². The van der Waals surface area contributed by atoms with Gasteiger partial charge in [0.2, 0.25) is 0 Å². The van der Waals surface area contributed by atoms with Gasteiger partial charge in [0.05, 0.1) is 11.6 Å². The lowest BCUT2D eigenvalue weighted by Gasteiger charge is -2.18. The minimum absolute atomic E-state index is 0.842. The number of anilines is 1. The molecule has 1 aromatic carbocycles. The van der Waals surface area contributed by atoms with E-state index in [1.54, 1.807) is 23.7 Å². The van der Waals surface area contributed by atoms with Gasteiger partial charge in [0.15, 0.2) is 0 Å². The first-order chi connectivity index (χ1) is 9.77. The van der Waals surface area contributed by atoms with Crippen molar-refractivity contribution < 1.29 is 0 Å². The second kappa shape index (κ2) is 10.3. The Labute approximate surface area is 129 Å². The minimum Gasteiger partial charge on any atom is -0.335 e. The van der Waals surface area contributed by atoms with E-state index >= 15 is 0 Å². The molecule has 0 amide bonds. The van der Waals surface area contributed by atoms with Crippen LogP contribution in [-0.4, -0.2) is 29.1 Å². The van der Waals surface area contributed by atoms with Gasteiger partial charge in [-0.05, 0) is 25.3 Å². The number of amidine groups is 1. The number of nitrogens with one attached hydrogen (secondary N) is 3. The lowest BCUT2D eigenvalue weighted by atomic mass is 10.3. The highest BCUT2D eigenvalue weighted by Gasteiger charge is 2.01. The molecule has 0 radical (unpaired) electrons. The van der Waals surface area contributed by atoms with E-state index in [2.05, 4.69) is 27.0 Å². The zero-order valence-corrected chi connectivity index (χ0v) is 13.6. The Morgan fingerprint density at radius 3 is 2.70 bits per heavy atom. The summed E-state index contributed by atoms with van der Waals surface area (Å²) < 4.78 is 3.07. The SMILES string of the molecule is CSCN(/C=C\NSC)/C(C)=N\NNc1ccccc1. The van der Waals surface area contributed by atoms with Crippen molar-refractivity contribution in [3.63, 3.8) is 0 Å². The van der Waals surface area contributed by atoms with Crippen LogP contribution in [0.4, 0.5) is 5.69 Å². The fraction of sp³-hybridized carbons (Fsp3) is 0.308. The van der Waals surface area contributed by atoms with Crippen molar-refractivity contribution in [2.45, 2.75) is 6.92 Å². The molecule has 110 valence electrons. The Hall–Kier alpha value is -1.47. The van der Waals surface area contributed by atoms with Gasteiger partial charge in [0, 0.05) is 18.7 Å². The van der Waals surface area contributed by atoms with Gasteiger partial charge in [0.1, 0.15) is 5.84 Å². The molecular formula is C13H21N5S2. The van der Waals surface area contributed by atoms with Gasteiger partial charge in [-0.3, -0.25) is 5.43 Å². The zero-order valence-electron chi connectivity index (χ0n) is 12.0. The molecule has 7 heteroatoms. The Balaban J connectivity index is 2.50. The number of thioether (sulfide) groups is 1. The van der Waals surface area contributed by atoms with Crippen LogP contribution in [0.2, 0.25) is 0 Å². The molecule has 1 aromatic rings. The maximum absolute atomic E-state index is 4.30. The molecule has 0 bridgehead atoms. The lowest BCUT2D eigenvalue weighted by Crippen LogP contribution is -2.27. The average molecular weight is 311 g/mol. The fourth-order valence-electron chi connectivity index (χ4n) is 1.33. The topological polar surface area (TPSA) is 51.7 Å².